The Morgan fingerprint density at radius 2 is 2.25 bits per heavy atom. The largest absolute Gasteiger partial charge is 0.207 e. The molecule has 12 heavy (non-hydrogen) atoms. The van der Waals surface area contributed by atoms with Crippen molar-refractivity contribution in [3.8, 4) is 0 Å². The average Bonchev–Trinajstić information content (AvgIpc) is 2.46. The highest BCUT2D eigenvalue weighted by Gasteiger charge is 2.02. The van der Waals surface area contributed by atoms with Crippen LogP contribution < -0.4 is 0 Å². The van der Waals surface area contributed by atoms with Crippen molar-refractivity contribution < 1.29 is 4.39 Å². The summed E-state index contributed by atoms with van der Waals surface area (Å²) in [6.07, 6.45) is 0. The summed E-state index contributed by atoms with van der Waals surface area (Å²) in [4.78, 5) is 0. The predicted molar refractivity (Wildman–Crippen MR) is 54.4 cm³/mol. The van der Waals surface area contributed by atoms with Crippen molar-refractivity contribution in [3.05, 3.63) is 35.0 Å². The highest BCUT2D eigenvalue weighted by atomic mass is 79.9. The van der Waals surface area contributed by atoms with E-state index >= 15 is 0 Å². The van der Waals surface area contributed by atoms with Crippen LogP contribution in [-0.4, -0.2) is 0 Å². The topological polar surface area (TPSA) is 0 Å². The maximum absolute atomic E-state index is 12.8. The van der Waals surface area contributed by atoms with E-state index in [1.54, 1.807) is 17.4 Å². The van der Waals surface area contributed by atoms with Gasteiger partial charge in [0, 0.05) is 10.0 Å². The summed E-state index contributed by atoms with van der Waals surface area (Å²) in [5, 5.41) is 3.87. The predicted octanol–water partition coefficient (Wildman–Crippen LogP) is 3.94. The van der Waals surface area contributed by atoms with Gasteiger partial charge in [0.15, 0.2) is 0 Å². The van der Waals surface area contributed by atoms with Crippen molar-refractivity contribution in [1.29, 1.82) is 0 Å². The van der Waals surface area contributed by atoms with Gasteiger partial charge in [0.2, 0.25) is 0 Å². The molecule has 0 unspecified atom stereocenters. The summed E-state index contributed by atoms with van der Waals surface area (Å²) < 4.78 is 14.0. The number of thiophene rings is 1. The van der Waals surface area contributed by atoms with E-state index in [4.69, 9.17) is 0 Å². The van der Waals surface area contributed by atoms with Gasteiger partial charge in [0.25, 0.3) is 0 Å². The van der Waals surface area contributed by atoms with Gasteiger partial charge in [-0.1, -0.05) is 15.9 Å². The van der Waals surface area contributed by atoms with E-state index in [-0.39, 0.29) is 5.82 Å². The quantitative estimate of drug-likeness (QED) is 0.667. The smallest absolute Gasteiger partial charge is 0.123 e. The molecule has 62 valence electrons. The Kier molecular flexibility index (Phi) is 2.15. The van der Waals surface area contributed by atoms with Gasteiger partial charge in [-0.05, 0) is 34.5 Å². The van der Waals surface area contributed by atoms with Gasteiger partial charge in [-0.3, -0.25) is 0 Å². The first-order chi connectivity index (χ1) is 5.81. The standard InChI is InChI=1S/C9H6BrFS/c10-4-6-5-12-9-2-1-7(11)3-8(6)9/h1-3,5H,4H2. The summed E-state index contributed by atoms with van der Waals surface area (Å²) in [6.45, 7) is 0. The third-order valence-electron chi connectivity index (χ3n) is 1.76. The number of hydrogen-bond donors (Lipinski definition) is 0. The zero-order chi connectivity index (χ0) is 8.55. The first kappa shape index (κ1) is 8.20. The van der Waals surface area contributed by atoms with Gasteiger partial charge in [0.05, 0.1) is 0 Å². The highest BCUT2D eigenvalue weighted by molar-refractivity contribution is 9.08. The van der Waals surface area contributed by atoms with Gasteiger partial charge in [0.1, 0.15) is 5.82 Å². The van der Waals surface area contributed by atoms with Gasteiger partial charge in [-0.2, -0.15) is 0 Å². The van der Waals surface area contributed by atoms with Crippen molar-refractivity contribution in [2.45, 2.75) is 5.33 Å². The molecule has 1 aromatic carbocycles. The van der Waals surface area contributed by atoms with Gasteiger partial charge in [-0.25, -0.2) is 4.39 Å². The number of rotatable bonds is 1. The molecule has 1 heterocycles. The molecule has 0 saturated carbocycles. The molecule has 0 saturated heterocycles. The van der Waals surface area contributed by atoms with Crippen LogP contribution in [0.5, 0.6) is 0 Å². The van der Waals surface area contributed by atoms with Crippen LogP contribution in [0.1, 0.15) is 5.56 Å². The molecule has 0 N–H and O–H groups in total. The van der Waals surface area contributed by atoms with E-state index in [2.05, 4.69) is 21.3 Å². The molecule has 2 rings (SSSR count). The fourth-order valence-electron chi connectivity index (χ4n) is 1.16. The first-order valence-corrected chi connectivity index (χ1v) is 5.53. The van der Waals surface area contributed by atoms with Crippen LogP contribution in [0.4, 0.5) is 4.39 Å². The van der Waals surface area contributed by atoms with Gasteiger partial charge < -0.3 is 0 Å². The van der Waals surface area contributed by atoms with Crippen molar-refractivity contribution in [2.24, 2.45) is 0 Å². The second-order valence-electron chi connectivity index (χ2n) is 2.54. The lowest BCUT2D eigenvalue weighted by Gasteiger charge is -1.92. The molecule has 0 aliphatic carbocycles. The maximum atomic E-state index is 12.8. The molecule has 0 aliphatic rings. The van der Waals surface area contributed by atoms with E-state index in [0.29, 0.717) is 0 Å². The fraction of sp³-hybridized carbons (Fsp3) is 0.111. The van der Waals surface area contributed by atoms with Crippen molar-refractivity contribution >= 4 is 37.4 Å². The first-order valence-electron chi connectivity index (χ1n) is 3.53. The monoisotopic (exact) mass is 244 g/mol. The van der Waals surface area contributed by atoms with E-state index in [1.165, 1.54) is 6.07 Å². The van der Waals surface area contributed by atoms with Crippen LogP contribution in [0.2, 0.25) is 0 Å². The molecule has 0 bridgehead atoms. The van der Waals surface area contributed by atoms with E-state index in [1.807, 2.05) is 6.07 Å². The number of halogens is 2. The Morgan fingerprint density at radius 1 is 1.42 bits per heavy atom. The molecule has 0 spiro atoms. The second kappa shape index (κ2) is 3.15. The van der Waals surface area contributed by atoms with Gasteiger partial charge in [-0.15, -0.1) is 11.3 Å². The summed E-state index contributed by atoms with van der Waals surface area (Å²) in [6, 6.07) is 4.90. The lowest BCUT2D eigenvalue weighted by atomic mass is 10.2. The van der Waals surface area contributed by atoms with Crippen molar-refractivity contribution in [3.63, 3.8) is 0 Å². The van der Waals surface area contributed by atoms with Crippen LogP contribution in [-0.2, 0) is 5.33 Å². The van der Waals surface area contributed by atoms with E-state index in [9.17, 15) is 4.39 Å². The number of hydrogen-bond acceptors (Lipinski definition) is 1. The van der Waals surface area contributed by atoms with Crippen molar-refractivity contribution in [2.75, 3.05) is 0 Å². The molecule has 3 heteroatoms. The Labute approximate surface area is 82.2 Å². The van der Waals surface area contributed by atoms with Crippen LogP contribution in [0.25, 0.3) is 10.1 Å². The lowest BCUT2D eigenvalue weighted by molar-refractivity contribution is 0.630. The minimum Gasteiger partial charge on any atom is -0.207 e. The fourth-order valence-corrected chi connectivity index (χ4v) is 2.78. The Balaban J connectivity index is 2.75. The van der Waals surface area contributed by atoms with Crippen LogP contribution >= 0.6 is 27.3 Å². The van der Waals surface area contributed by atoms with Crippen LogP contribution in [0, 0.1) is 5.82 Å². The Hall–Kier alpha value is -0.410. The Bertz CT molecular complexity index is 408. The molecule has 1 aromatic heterocycles. The minimum atomic E-state index is -0.164. The summed E-state index contributed by atoms with van der Waals surface area (Å²) in [7, 11) is 0. The normalized spacial score (nSPS) is 10.8. The summed E-state index contributed by atoms with van der Waals surface area (Å²) in [5.74, 6) is -0.164. The molecule has 0 amide bonds. The summed E-state index contributed by atoms with van der Waals surface area (Å²) >= 11 is 5.02. The third kappa shape index (κ3) is 1.27. The number of alkyl halides is 1. The molecular weight excluding hydrogens is 239 g/mol. The Morgan fingerprint density at radius 3 is 3.00 bits per heavy atom. The molecule has 0 fully saturated rings. The molecular formula is C9H6BrFS. The number of benzene rings is 1. The minimum absolute atomic E-state index is 0.164. The molecule has 0 radical (unpaired) electrons. The average molecular weight is 245 g/mol. The SMILES string of the molecule is Fc1ccc2scc(CBr)c2c1. The zero-order valence-corrected chi connectivity index (χ0v) is 8.58. The third-order valence-corrected chi connectivity index (χ3v) is 3.38. The molecule has 2 aromatic rings. The maximum Gasteiger partial charge on any atom is 0.123 e. The molecule has 0 atom stereocenters. The van der Waals surface area contributed by atoms with E-state index in [0.717, 1.165) is 21.0 Å². The lowest BCUT2D eigenvalue weighted by Crippen LogP contribution is -1.75. The second-order valence-corrected chi connectivity index (χ2v) is 4.01. The van der Waals surface area contributed by atoms with Crippen LogP contribution in [0.3, 0.4) is 0 Å². The highest BCUT2D eigenvalue weighted by Crippen LogP contribution is 2.27. The molecule has 0 aliphatic heterocycles. The molecule has 0 nitrogen and oxygen atoms in total. The van der Waals surface area contributed by atoms with Gasteiger partial charge >= 0.3 is 0 Å². The zero-order valence-electron chi connectivity index (χ0n) is 6.18. The number of fused-ring (bicyclic) bond motifs is 1. The van der Waals surface area contributed by atoms with E-state index < -0.39 is 0 Å². The summed E-state index contributed by atoms with van der Waals surface area (Å²) in [5.41, 5.74) is 1.16. The van der Waals surface area contributed by atoms with Crippen molar-refractivity contribution in [1.82, 2.24) is 0 Å². The van der Waals surface area contributed by atoms with Crippen LogP contribution in [0.15, 0.2) is 23.6 Å².